The summed E-state index contributed by atoms with van der Waals surface area (Å²) >= 11 is 5.92. The number of fused-ring (bicyclic) bond motifs is 2. The molecular weight excluding hydrogens is 238 g/mol. The molecule has 0 bridgehead atoms. The van der Waals surface area contributed by atoms with Gasteiger partial charge in [-0.2, -0.15) is 0 Å². The third-order valence-corrected chi connectivity index (χ3v) is 4.01. The van der Waals surface area contributed by atoms with E-state index in [-0.39, 0.29) is 5.97 Å². The van der Waals surface area contributed by atoms with Crippen molar-refractivity contribution in [3.63, 3.8) is 0 Å². The molecule has 2 aliphatic rings. The fourth-order valence-electron chi connectivity index (χ4n) is 2.72. The minimum atomic E-state index is -0.399. The van der Waals surface area contributed by atoms with E-state index in [1.165, 1.54) is 0 Å². The van der Waals surface area contributed by atoms with E-state index in [0.717, 1.165) is 31.5 Å². The lowest BCUT2D eigenvalue weighted by molar-refractivity contribution is -0.0394. The largest absolute Gasteiger partial charge is 0.450 e. The van der Waals surface area contributed by atoms with Gasteiger partial charge in [0.1, 0.15) is 5.60 Å². The second-order valence-corrected chi connectivity index (χ2v) is 5.31. The van der Waals surface area contributed by atoms with Crippen molar-refractivity contribution in [2.24, 2.45) is 0 Å². The standard InChI is InChI=1S/C13H14ClNO2/c1-15-6-4-13(5-7-15)11-3-2-9(14)8-10(11)12(16)17-13/h2-3,8H,4-7H2,1H3. The highest BCUT2D eigenvalue weighted by molar-refractivity contribution is 6.31. The van der Waals surface area contributed by atoms with E-state index in [1.54, 1.807) is 6.07 Å². The van der Waals surface area contributed by atoms with Gasteiger partial charge >= 0.3 is 5.97 Å². The zero-order chi connectivity index (χ0) is 12.0. The van der Waals surface area contributed by atoms with Crippen molar-refractivity contribution < 1.29 is 9.53 Å². The van der Waals surface area contributed by atoms with Gasteiger partial charge < -0.3 is 9.64 Å². The number of hydrogen-bond donors (Lipinski definition) is 0. The Hall–Kier alpha value is -1.06. The molecule has 1 aromatic rings. The van der Waals surface area contributed by atoms with Gasteiger partial charge in [0.2, 0.25) is 0 Å². The minimum absolute atomic E-state index is 0.230. The number of carbonyl (C=O) groups excluding carboxylic acids is 1. The zero-order valence-corrected chi connectivity index (χ0v) is 10.5. The van der Waals surface area contributed by atoms with Crippen LogP contribution in [0.25, 0.3) is 0 Å². The Morgan fingerprint density at radius 1 is 1.35 bits per heavy atom. The molecule has 0 unspecified atom stereocenters. The Kier molecular flexibility index (Phi) is 2.42. The second kappa shape index (κ2) is 3.72. The lowest BCUT2D eigenvalue weighted by atomic mass is 9.84. The summed E-state index contributed by atoms with van der Waals surface area (Å²) in [4.78, 5) is 14.1. The van der Waals surface area contributed by atoms with E-state index in [4.69, 9.17) is 16.3 Å². The highest BCUT2D eigenvalue weighted by Gasteiger charge is 2.46. The van der Waals surface area contributed by atoms with Crippen LogP contribution in [0.4, 0.5) is 0 Å². The first-order valence-corrected chi connectivity index (χ1v) is 6.20. The topological polar surface area (TPSA) is 29.5 Å². The number of hydrogen-bond acceptors (Lipinski definition) is 3. The first-order valence-electron chi connectivity index (χ1n) is 5.83. The summed E-state index contributed by atoms with van der Waals surface area (Å²) in [6.45, 7) is 1.91. The molecule has 17 heavy (non-hydrogen) atoms. The van der Waals surface area contributed by atoms with E-state index in [1.807, 2.05) is 12.1 Å². The maximum absolute atomic E-state index is 11.9. The number of esters is 1. The predicted molar refractivity (Wildman–Crippen MR) is 65.3 cm³/mol. The third-order valence-electron chi connectivity index (χ3n) is 3.78. The van der Waals surface area contributed by atoms with Gasteiger partial charge in [0.25, 0.3) is 0 Å². The van der Waals surface area contributed by atoms with Crippen LogP contribution in [0.3, 0.4) is 0 Å². The Morgan fingerprint density at radius 2 is 2.06 bits per heavy atom. The molecule has 0 radical (unpaired) electrons. The van der Waals surface area contributed by atoms with Gasteiger partial charge in [-0.3, -0.25) is 0 Å². The van der Waals surface area contributed by atoms with Gasteiger partial charge in [-0.15, -0.1) is 0 Å². The Labute approximate surface area is 105 Å². The van der Waals surface area contributed by atoms with Gasteiger partial charge in [0, 0.05) is 36.5 Å². The van der Waals surface area contributed by atoms with Gasteiger partial charge in [-0.1, -0.05) is 17.7 Å². The molecule has 0 aliphatic carbocycles. The van der Waals surface area contributed by atoms with E-state index in [9.17, 15) is 4.79 Å². The lowest BCUT2D eigenvalue weighted by Crippen LogP contribution is -2.40. The highest BCUT2D eigenvalue weighted by atomic mass is 35.5. The Morgan fingerprint density at radius 3 is 2.76 bits per heavy atom. The summed E-state index contributed by atoms with van der Waals surface area (Å²) in [5.74, 6) is -0.230. The Bertz CT molecular complexity index is 478. The van der Waals surface area contributed by atoms with Crippen LogP contribution in [-0.2, 0) is 10.3 Å². The number of carbonyl (C=O) groups is 1. The van der Waals surface area contributed by atoms with Crippen LogP contribution in [0.5, 0.6) is 0 Å². The fraction of sp³-hybridized carbons (Fsp3) is 0.462. The third kappa shape index (κ3) is 1.65. The molecule has 2 heterocycles. The second-order valence-electron chi connectivity index (χ2n) is 4.88. The average Bonchev–Trinajstić information content (AvgIpc) is 2.57. The van der Waals surface area contributed by atoms with Crippen LogP contribution < -0.4 is 0 Å². The summed E-state index contributed by atoms with van der Waals surface area (Å²) < 4.78 is 5.64. The van der Waals surface area contributed by atoms with Crippen molar-refractivity contribution in [3.05, 3.63) is 34.3 Å². The number of rotatable bonds is 0. The minimum Gasteiger partial charge on any atom is -0.450 e. The van der Waals surface area contributed by atoms with Crippen LogP contribution in [0.1, 0.15) is 28.8 Å². The van der Waals surface area contributed by atoms with Crippen LogP contribution in [0.15, 0.2) is 18.2 Å². The van der Waals surface area contributed by atoms with E-state index in [2.05, 4.69) is 11.9 Å². The maximum Gasteiger partial charge on any atom is 0.339 e. The molecule has 1 aromatic carbocycles. The number of benzene rings is 1. The average molecular weight is 252 g/mol. The fourth-order valence-corrected chi connectivity index (χ4v) is 2.89. The maximum atomic E-state index is 11.9. The van der Waals surface area contributed by atoms with Crippen LogP contribution in [0, 0.1) is 0 Å². The molecule has 1 spiro atoms. The van der Waals surface area contributed by atoms with E-state index >= 15 is 0 Å². The summed E-state index contributed by atoms with van der Waals surface area (Å²) in [6, 6.07) is 5.49. The van der Waals surface area contributed by atoms with E-state index < -0.39 is 5.60 Å². The molecule has 0 atom stereocenters. The number of ether oxygens (including phenoxy) is 1. The van der Waals surface area contributed by atoms with Crippen molar-refractivity contribution in [3.8, 4) is 0 Å². The monoisotopic (exact) mass is 251 g/mol. The van der Waals surface area contributed by atoms with Crippen molar-refractivity contribution in [2.45, 2.75) is 18.4 Å². The first kappa shape index (κ1) is 11.1. The molecule has 0 saturated carbocycles. The summed E-state index contributed by atoms with van der Waals surface area (Å²) in [6.07, 6.45) is 1.73. The van der Waals surface area contributed by atoms with Gasteiger partial charge in [-0.25, -0.2) is 4.79 Å². The highest BCUT2D eigenvalue weighted by Crippen LogP contribution is 2.44. The number of piperidine rings is 1. The predicted octanol–water partition coefficient (Wildman–Crippen LogP) is 2.43. The van der Waals surface area contributed by atoms with Crippen molar-refractivity contribution in [1.29, 1.82) is 0 Å². The molecule has 1 saturated heterocycles. The van der Waals surface area contributed by atoms with Crippen LogP contribution in [-0.4, -0.2) is 31.0 Å². The number of likely N-dealkylation sites (tertiary alicyclic amines) is 1. The summed E-state index contributed by atoms with van der Waals surface area (Å²) in [5.41, 5.74) is 1.26. The molecule has 1 fully saturated rings. The van der Waals surface area contributed by atoms with Crippen LogP contribution >= 0.6 is 11.6 Å². The molecule has 3 rings (SSSR count). The summed E-state index contributed by atoms with van der Waals surface area (Å²) in [5, 5.41) is 0.589. The molecule has 0 N–H and O–H groups in total. The number of nitrogens with zero attached hydrogens (tertiary/aromatic N) is 1. The summed E-state index contributed by atoms with van der Waals surface area (Å²) in [7, 11) is 2.09. The quantitative estimate of drug-likeness (QED) is 0.664. The SMILES string of the molecule is CN1CCC2(CC1)OC(=O)c1cc(Cl)ccc12. The number of halogens is 1. The van der Waals surface area contributed by atoms with Crippen molar-refractivity contribution >= 4 is 17.6 Å². The zero-order valence-electron chi connectivity index (χ0n) is 9.70. The molecule has 0 aromatic heterocycles. The van der Waals surface area contributed by atoms with Gasteiger partial charge in [0.15, 0.2) is 0 Å². The van der Waals surface area contributed by atoms with E-state index in [0.29, 0.717) is 10.6 Å². The lowest BCUT2D eigenvalue weighted by Gasteiger charge is -2.36. The van der Waals surface area contributed by atoms with Crippen molar-refractivity contribution in [1.82, 2.24) is 4.90 Å². The molecule has 4 heteroatoms. The first-order chi connectivity index (χ1) is 8.11. The smallest absolute Gasteiger partial charge is 0.339 e. The molecular formula is C13H14ClNO2. The van der Waals surface area contributed by atoms with Gasteiger partial charge in [0.05, 0.1) is 5.56 Å². The molecule has 2 aliphatic heterocycles. The van der Waals surface area contributed by atoms with Gasteiger partial charge in [-0.05, 0) is 19.2 Å². The molecule has 90 valence electrons. The van der Waals surface area contributed by atoms with Crippen molar-refractivity contribution in [2.75, 3.05) is 20.1 Å². The van der Waals surface area contributed by atoms with Crippen LogP contribution in [0.2, 0.25) is 5.02 Å². The normalized spacial score (nSPS) is 22.6. The molecule has 3 nitrogen and oxygen atoms in total. The molecule has 0 amide bonds. The Balaban J connectivity index is 2.04.